The van der Waals surface area contributed by atoms with Crippen molar-refractivity contribution >= 4 is 17.6 Å². The highest BCUT2D eigenvalue weighted by atomic mass is 35.5. The average Bonchev–Trinajstić information content (AvgIpc) is 2.36. The molecule has 19 heavy (non-hydrogen) atoms. The fourth-order valence-corrected chi connectivity index (χ4v) is 2.71. The molecule has 1 aliphatic rings. The Bertz CT molecular complexity index is 463. The summed E-state index contributed by atoms with van der Waals surface area (Å²) in [7, 11) is 2.10. The second-order valence-electron chi connectivity index (χ2n) is 5.43. The minimum Gasteiger partial charge on any atom is -0.458 e. The number of rotatable bonds is 2. The van der Waals surface area contributed by atoms with Crippen molar-refractivity contribution in [3.63, 3.8) is 0 Å². The Morgan fingerprint density at radius 3 is 2.74 bits per heavy atom. The van der Waals surface area contributed by atoms with Crippen molar-refractivity contribution in [2.24, 2.45) is 5.92 Å². The molecule has 1 heterocycles. The van der Waals surface area contributed by atoms with E-state index in [4.69, 9.17) is 16.3 Å². The number of hydrogen-bond acceptors (Lipinski definition) is 3. The maximum absolute atomic E-state index is 12.1. The van der Waals surface area contributed by atoms with E-state index in [1.165, 1.54) is 0 Å². The van der Waals surface area contributed by atoms with Gasteiger partial charge < -0.3 is 9.64 Å². The molecule has 4 heteroatoms. The van der Waals surface area contributed by atoms with Crippen LogP contribution in [-0.2, 0) is 4.74 Å². The van der Waals surface area contributed by atoms with Crippen molar-refractivity contribution in [2.75, 3.05) is 13.6 Å². The smallest absolute Gasteiger partial charge is 0.339 e. The summed E-state index contributed by atoms with van der Waals surface area (Å²) in [6.45, 7) is 5.22. The van der Waals surface area contributed by atoms with Crippen molar-refractivity contribution in [1.29, 1.82) is 0 Å². The zero-order chi connectivity index (χ0) is 14.0. The number of piperidine rings is 1. The van der Waals surface area contributed by atoms with E-state index in [0.717, 1.165) is 13.0 Å². The second-order valence-corrected chi connectivity index (χ2v) is 5.83. The first-order valence-corrected chi connectivity index (χ1v) is 7.02. The van der Waals surface area contributed by atoms with Crippen LogP contribution >= 0.6 is 11.6 Å². The van der Waals surface area contributed by atoms with E-state index < -0.39 is 0 Å². The van der Waals surface area contributed by atoms with Crippen LogP contribution in [0.5, 0.6) is 0 Å². The van der Waals surface area contributed by atoms with Gasteiger partial charge in [-0.15, -0.1) is 0 Å². The van der Waals surface area contributed by atoms with Gasteiger partial charge in [0, 0.05) is 18.5 Å². The molecule has 1 aromatic carbocycles. The van der Waals surface area contributed by atoms with Crippen LogP contribution in [0, 0.1) is 5.92 Å². The third kappa shape index (κ3) is 3.28. The maximum atomic E-state index is 12.1. The Morgan fingerprint density at radius 2 is 2.05 bits per heavy atom. The van der Waals surface area contributed by atoms with E-state index >= 15 is 0 Å². The van der Waals surface area contributed by atoms with Crippen LogP contribution < -0.4 is 0 Å². The third-order valence-electron chi connectivity index (χ3n) is 3.89. The molecule has 3 atom stereocenters. The SMILES string of the molecule is C[C@@H]1C[C@H](OC(=O)c2ccccc2Cl)[C@@H](C)CN1C. The molecule has 0 saturated carbocycles. The van der Waals surface area contributed by atoms with E-state index in [2.05, 4.69) is 25.8 Å². The van der Waals surface area contributed by atoms with Gasteiger partial charge in [0.2, 0.25) is 0 Å². The van der Waals surface area contributed by atoms with E-state index in [0.29, 0.717) is 22.5 Å². The van der Waals surface area contributed by atoms with Crippen LogP contribution in [-0.4, -0.2) is 36.6 Å². The van der Waals surface area contributed by atoms with Crippen LogP contribution in [0.2, 0.25) is 5.02 Å². The van der Waals surface area contributed by atoms with Gasteiger partial charge in [-0.3, -0.25) is 0 Å². The van der Waals surface area contributed by atoms with E-state index in [1.54, 1.807) is 24.3 Å². The molecule has 104 valence electrons. The molecule has 0 amide bonds. The van der Waals surface area contributed by atoms with Gasteiger partial charge in [-0.25, -0.2) is 4.79 Å². The fraction of sp³-hybridized carbons (Fsp3) is 0.533. The molecule has 1 aliphatic heterocycles. The lowest BCUT2D eigenvalue weighted by molar-refractivity contribution is -0.0196. The number of benzene rings is 1. The lowest BCUT2D eigenvalue weighted by atomic mass is 9.92. The lowest BCUT2D eigenvalue weighted by Gasteiger charge is -2.39. The molecule has 2 rings (SSSR count). The topological polar surface area (TPSA) is 29.5 Å². The van der Waals surface area contributed by atoms with Crippen molar-refractivity contribution < 1.29 is 9.53 Å². The fourth-order valence-electron chi connectivity index (χ4n) is 2.49. The minimum atomic E-state index is -0.320. The summed E-state index contributed by atoms with van der Waals surface area (Å²) in [5.74, 6) is 0.0202. The molecule has 0 bridgehead atoms. The van der Waals surface area contributed by atoms with E-state index in [-0.39, 0.29) is 12.1 Å². The van der Waals surface area contributed by atoms with Gasteiger partial charge in [0.25, 0.3) is 0 Å². The summed E-state index contributed by atoms with van der Waals surface area (Å²) in [4.78, 5) is 14.4. The molecule has 0 aromatic heterocycles. The first-order chi connectivity index (χ1) is 8.99. The first kappa shape index (κ1) is 14.4. The highest BCUT2D eigenvalue weighted by molar-refractivity contribution is 6.33. The van der Waals surface area contributed by atoms with Gasteiger partial charge >= 0.3 is 5.97 Å². The monoisotopic (exact) mass is 281 g/mol. The molecule has 1 saturated heterocycles. The predicted molar refractivity (Wildman–Crippen MR) is 76.5 cm³/mol. The number of likely N-dealkylation sites (tertiary alicyclic amines) is 1. The van der Waals surface area contributed by atoms with E-state index in [1.807, 2.05) is 0 Å². The summed E-state index contributed by atoms with van der Waals surface area (Å²) < 4.78 is 5.64. The quantitative estimate of drug-likeness (QED) is 0.780. The zero-order valence-electron chi connectivity index (χ0n) is 11.6. The normalized spacial score (nSPS) is 28.1. The number of carbonyl (C=O) groups excluding carboxylic acids is 1. The lowest BCUT2D eigenvalue weighted by Crippen LogP contribution is -2.46. The summed E-state index contributed by atoms with van der Waals surface area (Å²) in [6, 6.07) is 7.44. The minimum absolute atomic E-state index is 0.0324. The standard InChI is InChI=1S/C15H20ClNO2/c1-10-9-17(3)11(2)8-14(10)19-15(18)12-6-4-5-7-13(12)16/h4-7,10-11,14H,8-9H2,1-3H3/t10-,11+,14-/m0/s1. The van der Waals surface area contributed by atoms with Gasteiger partial charge in [-0.2, -0.15) is 0 Å². The number of hydrogen-bond donors (Lipinski definition) is 0. The van der Waals surface area contributed by atoms with Crippen LogP contribution in [0.15, 0.2) is 24.3 Å². The van der Waals surface area contributed by atoms with Gasteiger partial charge in [-0.05, 0) is 32.5 Å². The summed E-state index contributed by atoms with van der Waals surface area (Å²) >= 11 is 6.02. The number of nitrogens with zero attached hydrogens (tertiary/aromatic N) is 1. The van der Waals surface area contributed by atoms with Crippen LogP contribution in [0.25, 0.3) is 0 Å². The van der Waals surface area contributed by atoms with Crippen molar-refractivity contribution in [1.82, 2.24) is 4.90 Å². The third-order valence-corrected chi connectivity index (χ3v) is 4.22. The van der Waals surface area contributed by atoms with Gasteiger partial charge in [0.05, 0.1) is 10.6 Å². The number of carbonyl (C=O) groups is 1. The molecule has 0 radical (unpaired) electrons. The van der Waals surface area contributed by atoms with Crippen molar-refractivity contribution in [2.45, 2.75) is 32.4 Å². The van der Waals surface area contributed by atoms with Crippen LogP contribution in [0.4, 0.5) is 0 Å². The van der Waals surface area contributed by atoms with Gasteiger partial charge in [0.1, 0.15) is 6.10 Å². The van der Waals surface area contributed by atoms with E-state index in [9.17, 15) is 4.79 Å². The summed E-state index contributed by atoms with van der Waals surface area (Å²) in [6.07, 6.45) is 0.836. The second kappa shape index (κ2) is 5.93. The summed E-state index contributed by atoms with van der Waals surface area (Å²) in [5.41, 5.74) is 0.447. The Balaban J connectivity index is 2.05. The average molecular weight is 282 g/mol. The molecule has 0 aliphatic carbocycles. The van der Waals surface area contributed by atoms with Gasteiger partial charge in [-0.1, -0.05) is 30.7 Å². The molecule has 0 N–H and O–H groups in total. The van der Waals surface area contributed by atoms with Crippen molar-refractivity contribution in [3.8, 4) is 0 Å². The molecule has 0 spiro atoms. The molecular weight excluding hydrogens is 262 g/mol. The number of halogens is 1. The molecule has 1 aromatic rings. The van der Waals surface area contributed by atoms with Gasteiger partial charge in [0.15, 0.2) is 0 Å². The Kier molecular flexibility index (Phi) is 4.48. The zero-order valence-corrected chi connectivity index (χ0v) is 12.4. The highest BCUT2D eigenvalue weighted by Gasteiger charge is 2.32. The maximum Gasteiger partial charge on any atom is 0.339 e. The molecule has 1 fully saturated rings. The number of ether oxygens (including phenoxy) is 1. The number of esters is 1. The largest absolute Gasteiger partial charge is 0.458 e. The Morgan fingerprint density at radius 1 is 1.37 bits per heavy atom. The molecule has 0 unspecified atom stereocenters. The van der Waals surface area contributed by atoms with Crippen LogP contribution in [0.3, 0.4) is 0 Å². The predicted octanol–water partition coefficient (Wildman–Crippen LogP) is 3.23. The highest BCUT2D eigenvalue weighted by Crippen LogP contribution is 2.25. The Labute approximate surface area is 119 Å². The van der Waals surface area contributed by atoms with Crippen molar-refractivity contribution in [3.05, 3.63) is 34.9 Å². The van der Waals surface area contributed by atoms with Crippen LogP contribution in [0.1, 0.15) is 30.6 Å². The Hall–Kier alpha value is -1.06. The molecule has 3 nitrogen and oxygen atoms in total. The molecular formula is C15H20ClNO2. The summed E-state index contributed by atoms with van der Waals surface area (Å²) in [5, 5.41) is 0.445. The first-order valence-electron chi connectivity index (χ1n) is 6.64.